The standard InChI is InChI=1S/C14H20ClN5O/c1-9-13(10(2)19-18-9)5-4-6-16-14(21)11(3)20-8-12(15)7-17-20/h7-8,11H,4-6H2,1-3H3,(H,16,21)(H,18,19). The molecule has 21 heavy (non-hydrogen) atoms. The minimum atomic E-state index is -0.366. The molecule has 6 nitrogen and oxygen atoms in total. The number of rotatable bonds is 6. The van der Waals surface area contributed by atoms with Crippen molar-refractivity contribution in [2.75, 3.05) is 6.54 Å². The molecule has 2 heterocycles. The second-order valence-corrected chi connectivity index (χ2v) is 5.56. The van der Waals surface area contributed by atoms with Crippen LogP contribution in [0.3, 0.4) is 0 Å². The Kier molecular flexibility index (Phi) is 5.01. The van der Waals surface area contributed by atoms with Crippen LogP contribution in [0.4, 0.5) is 0 Å². The monoisotopic (exact) mass is 309 g/mol. The molecule has 2 aromatic heterocycles. The van der Waals surface area contributed by atoms with Crippen molar-refractivity contribution in [1.82, 2.24) is 25.3 Å². The zero-order valence-electron chi connectivity index (χ0n) is 12.5. The van der Waals surface area contributed by atoms with Gasteiger partial charge >= 0.3 is 0 Å². The number of hydrogen-bond acceptors (Lipinski definition) is 3. The fourth-order valence-electron chi connectivity index (χ4n) is 2.21. The van der Waals surface area contributed by atoms with Gasteiger partial charge < -0.3 is 5.32 Å². The van der Waals surface area contributed by atoms with Crippen LogP contribution in [0.2, 0.25) is 5.02 Å². The molecule has 0 aliphatic rings. The minimum Gasteiger partial charge on any atom is -0.354 e. The van der Waals surface area contributed by atoms with Gasteiger partial charge in [-0.3, -0.25) is 14.6 Å². The molecule has 0 fully saturated rings. The van der Waals surface area contributed by atoms with Crippen LogP contribution in [0.25, 0.3) is 0 Å². The first-order chi connectivity index (χ1) is 9.99. The van der Waals surface area contributed by atoms with Gasteiger partial charge in [0.2, 0.25) is 5.91 Å². The number of carbonyl (C=O) groups is 1. The summed E-state index contributed by atoms with van der Waals surface area (Å²) in [5.41, 5.74) is 3.35. The van der Waals surface area contributed by atoms with Crippen molar-refractivity contribution in [3.63, 3.8) is 0 Å². The molecule has 2 N–H and O–H groups in total. The van der Waals surface area contributed by atoms with Gasteiger partial charge in [-0.25, -0.2) is 0 Å². The number of nitrogens with one attached hydrogen (secondary N) is 2. The van der Waals surface area contributed by atoms with E-state index in [0.717, 1.165) is 24.2 Å². The summed E-state index contributed by atoms with van der Waals surface area (Å²) >= 11 is 5.80. The first-order valence-electron chi connectivity index (χ1n) is 6.97. The van der Waals surface area contributed by atoms with Crippen LogP contribution in [0.15, 0.2) is 12.4 Å². The summed E-state index contributed by atoms with van der Waals surface area (Å²) in [5.74, 6) is -0.0598. The lowest BCUT2D eigenvalue weighted by atomic mass is 10.1. The molecule has 0 bridgehead atoms. The molecule has 0 aromatic carbocycles. The van der Waals surface area contributed by atoms with E-state index >= 15 is 0 Å². The van der Waals surface area contributed by atoms with Crippen LogP contribution >= 0.6 is 11.6 Å². The van der Waals surface area contributed by atoms with Crippen LogP contribution in [-0.4, -0.2) is 32.4 Å². The van der Waals surface area contributed by atoms with Gasteiger partial charge in [-0.2, -0.15) is 10.2 Å². The van der Waals surface area contributed by atoms with E-state index in [1.165, 1.54) is 11.8 Å². The molecule has 0 saturated carbocycles. The van der Waals surface area contributed by atoms with Crippen molar-refractivity contribution in [1.29, 1.82) is 0 Å². The highest BCUT2D eigenvalue weighted by Gasteiger charge is 2.15. The summed E-state index contributed by atoms with van der Waals surface area (Å²) in [4.78, 5) is 12.0. The number of amides is 1. The quantitative estimate of drug-likeness (QED) is 0.803. The molecule has 2 rings (SSSR count). The van der Waals surface area contributed by atoms with Gasteiger partial charge in [-0.15, -0.1) is 0 Å². The van der Waals surface area contributed by atoms with Gasteiger partial charge in [0.25, 0.3) is 0 Å². The van der Waals surface area contributed by atoms with Crippen molar-refractivity contribution >= 4 is 17.5 Å². The SMILES string of the molecule is Cc1n[nH]c(C)c1CCCNC(=O)C(C)n1cc(Cl)cn1. The summed E-state index contributed by atoms with van der Waals surface area (Å²) in [5, 5.41) is 14.6. The van der Waals surface area contributed by atoms with Crippen LogP contribution in [0.1, 0.15) is 36.3 Å². The molecule has 0 saturated heterocycles. The fourth-order valence-corrected chi connectivity index (χ4v) is 2.36. The number of aryl methyl sites for hydroxylation is 2. The van der Waals surface area contributed by atoms with E-state index in [1.54, 1.807) is 17.8 Å². The van der Waals surface area contributed by atoms with Crippen molar-refractivity contribution < 1.29 is 4.79 Å². The molecular formula is C14H20ClN5O. The molecule has 114 valence electrons. The highest BCUT2D eigenvalue weighted by Crippen LogP contribution is 2.12. The number of nitrogens with zero attached hydrogens (tertiary/aromatic N) is 3. The Hall–Kier alpha value is -1.82. The first kappa shape index (κ1) is 15.6. The Morgan fingerprint density at radius 2 is 2.29 bits per heavy atom. The molecular weight excluding hydrogens is 290 g/mol. The highest BCUT2D eigenvalue weighted by molar-refractivity contribution is 6.30. The second kappa shape index (κ2) is 6.76. The molecule has 0 aliphatic carbocycles. The maximum atomic E-state index is 12.0. The van der Waals surface area contributed by atoms with Crippen molar-refractivity contribution in [2.45, 2.75) is 39.7 Å². The third kappa shape index (κ3) is 3.85. The molecule has 7 heteroatoms. The zero-order valence-corrected chi connectivity index (χ0v) is 13.2. The van der Waals surface area contributed by atoms with Crippen molar-refractivity contribution in [3.05, 3.63) is 34.4 Å². The summed E-state index contributed by atoms with van der Waals surface area (Å²) in [7, 11) is 0. The van der Waals surface area contributed by atoms with E-state index in [4.69, 9.17) is 11.6 Å². The predicted octanol–water partition coefficient (Wildman–Crippen LogP) is 2.19. The number of hydrogen-bond donors (Lipinski definition) is 2. The molecule has 0 radical (unpaired) electrons. The lowest BCUT2D eigenvalue weighted by Gasteiger charge is -2.12. The van der Waals surface area contributed by atoms with Crippen molar-refractivity contribution in [3.8, 4) is 0 Å². The normalized spacial score (nSPS) is 12.4. The van der Waals surface area contributed by atoms with Crippen LogP contribution < -0.4 is 5.32 Å². The summed E-state index contributed by atoms with van der Waals surface area (Å²) in [6, 6.07) is -0.366. The van der Waals surface area contributed by atoms with E-state index in [2.05, 4.69) is 20.6 Å². The number of aromatic amines is 1. The largest absolute Gasteiger partial charge is 0.354 e. The lowest BCUT2D eigenvalue weighted by Crippen LogP contribution is -2.32. The molecule has 2 aromatic rings. The molecule has 0 aliphatic heterocycles. The number of H-pyrrole nitrogens is 1. The van der Waals surface area contributed by atoms with E-state index in [0.29, 0.717) is 11.6 Å². The van der Waals surface area contributed by atoms with Gasteiger partial charge in [0.05, 0.1) is 16.9 Å². The number of carbonyl (C=O) groups excluding carboxylic acids is 1. The maximum Gasteiger partial charge on any atom is 0.244 e. The van der Waals surface area contributed by atoms with Crippen LogP contribution in [0, 0.1) is 13.8 Å². The van der Waals surface area contributed by atoms with Gasteiger partial charge in [0, 0.05) is 18.4 Å². The van der Waals surface area contributed by atoms with Crippen molar-refractivity contribution in [2.24, 2.45) is 0 Å². The van der Waals surface area contributed by atoms with Gasteiger partial charge in [-0.05, 0) is 39.2 Å². The summed E-state index contributed by atoms with van der Waals surface area (Å²) < 4.78 is 1.56. The Morgan fingerprint density at radius 3 is 2.86 bits per heavy atom. The number of aromatic nitrogens is 4. The maximum absolute atomic E-state index is 12.0. The molecule has 1 amide bonds. The lowest BCUT2D eigenvalue weighted by molar-refractivity contribution is -0.124. The third-order valence-corrected chi connectivity index (χ3v) is 3.72. The highest BCUT2D eigenvalue weighted by atomic mass is 35.5. The number of halogens is 1. The van der Waals surface area contributed by atoms with Gasteiger partial charge in [0.1, 0.15) is 6.04 Å². The summed E-state index contributed by atoms with van der Waals surface area (Å²) in [6.45, 7) is 6.42. The Labute approximate surface area is 128 Å². The summed E-state index contributed by atoms with van der Waals surface area (Å²) in [6.07, 6.45) is 4.94. The Morgan fingerprint density at radius 1 is 1.52 bits per heavy atom. The van der Waals surface area contributed by atoms with Crippen LogP contribution in [0.5, 0.6) is 0 Å². The second-order valence-electron chi connectivity index (χ2n) is 5.12. The fraction of sp³-hybridized carbons (Fsp3) is 0.500. The van der Waals surface area contributed by atoms with Gasteiger partial charge in [0.15, 0.2) is 0 Å². The van der Waals surface area contributed by atoms with E-state index in [9.17, 15) is 4.79 Å². The predicted molar refractivity (Wildman–Crippen MR) is 81.3 cm³/mol. The van der Waals surface area contributed by atoms with E-state index in [-0.39, 0.29) is 11.9 Å². The molecule has 1 unspecified atom stereocenters. The average Bonchev–Trinajstić information content (AvgIpc) is 3.02. The Bertz CT molecular complexity index is 599. The van der Waals surface area contributed by atoms with E-state index in [1.807, 2.05) is 13.8 Å². The molecule has 1 atom stereocenters. The molecule has 0 spiro atoms. The average molecular weight is 310 g/mol. The Balaban J connectivity index is 1.77. The minimum absolute atomic E-state index is 0.0598. The van der Waals surface area contributed by atoms with Gasteiger partial charge in [-0.1, -0.05) is 11.6 Å². The smallest absolute Gasteiger partial charge is 0.244 e. The topological polar surface area (TPSA) is 75.6 Å². The zero-order chi connectivity index (χ0) is 15.4. The first-order valence-corrected chi connectivity index (χ1v) is 7.34. The van der Waals surface area contributed by atoms with E-state index < -0.39 is 0 Å². The third-order valence-electron chi connectivity index (χ3n) is 3.53. The van der Waals surface area contributed by atoms with Crippen LogP contribution in [-0.2, 0) is 11.2 Å².